The number of rotatable bonds is 0. The minimum absolute atomic E-state index is 0. The molecule has 0 aromatic rings. The smallest absolute Gasteiger partial charge is 1.00 e. The van der Waals surface area contributed by atoms with E-state index < -0.39 is 7.60 Å². The maximum Gasteiger partial charge on any atom is 2.00 e. The molecule has 0 unspecified atom stereocenters. The van der Waals surface area contributed by atoms with E-state index in [1.165, 1.54) is 0 Å². The van der Waals surface area contributed by atoms with Gasteiger partial charge in [0.05, 0.1) is 0 Å². The first-order chi connectivity index (χ1) is 2.00. The molecule has 0 aromatic carbocycles. The summed E-state index contributed by atoms with van der Waals surface area (Å²) in [5.41, 5.74) is 0. The van der Waals surface area contributed by atoms with Crippen molar-refractivity contribution in [2.45, 2.75) is 0 Å². The van der Waals surface area contributed by atoms with Crippen LogP contribution in [0.25, 0.3) is 0 Å². The van der Waals surface area contributed by atoms with Crippen LogP contribution >= 0.6 is 7.60 Å². The summed E-state index contributed by atoms with van der Waals surface area (Å²) in [6.45, 7) is 0.854. The first-order valence-corrected chi connectivity index (χ1v) is 3.09. The molecule has 0 amide bonds. The molecule has 0 heterocycles. The fraction of sp³-hybridized carbons (Fsp3) is 1.00. The molecule has 2 N–H and O–H groups in total. The van der Waals surface area contributed by atoms with E-state index in [9.17, 15) is 4.57 Å². The Morgan fingerprint density at radius 3 is 1.67 bits per heavy atom. The minimum Gasteiger partial charge on any atom is -1.00 e. The molecule has 0 radical (unpaired) electrons. The van der Waals surface area contributed by atoms with Crippen LogP contribution in [-0.4, -0.2) is 54.2 Å². The van der Waals surface area contributed by atoms with Gasteiger partial charge in [-0.2, -0.15) is 0 Å². The molecule has 0 aliphatic rings. The second-order valence-corrected chi connectivity index (χ2v) is 2.51. The molecule has 36 valence electrons. The van der Waals surface area contributed by atoms with Crippen LogP contribution in [0.4, 0.5) is 0 Å². The van der Waals surface area contributed by atoms with Crippen LogP contribution in [-0.2, 0) is 4.57 Å². The average Bonchev–Trinajstić information content (AvgIpc) is 0.722. The van der Waals surface area contributed by atoms with Gasteiger partial charge in [0, 0.05) is 6.66 Å². The fourth-order valence-corrected chi connectivity index (χ4v) is 0. The monoisotopic (exact) mass is 138 g/mol. The molecule has 0 saturated carbocycles. The molecule has 0 aromatic heterocycles. The standard InChI is InChI=1S/CH5O3P.Ca.2H/c1-5(2,3)4;;;/h1H3,(H2,2,3,4);;;/q;+2;2*-1. The molecule has 0 fully saturated rings. The van der Waals surface area contributed by atoms with E-state index in [0.29, 0.717) is 0 Å². The number of hydrogen-bond donors (Lipinski definition) is 2. The molecule has 0 saturated heterocycles. The van der Waals surface area contributed by atoms with Gasteiger partial charge in [-0.05, 0) is 0 Å². The minimum atomic E-state index is -3.64. The number of hydrogen-bond acceptors (Lipinski definition) is 1. The zero-order chi connectivity index (χ0) is 4.50. The summed E-state index contributed by atoms with van der Waals surface area (Å²) in [6, 6.07) is 0. The van der Waals surface area contributed by atoms with E-state index in [-0.39, 0.29) is 40.6 Å². The van der Waals surface area contributed by atoms with Crippen molar-refractivity contribution in [1.82, 2.24) is 0 Å². The topological polar surface area (TPSA) is 57.5 Å². The Morgan fingerprint density at radius 2 is 1.67 bits per heavy atom. The zero-order valence-electron chi connectivity index (χ0n) is 5.46. The van der Waals surface area contributed by atoms with Crippen LogP contribution in [0.2, 0.25) is 0 Å². The fourth-order valence-electron chi connectivity index (χ4n) is 0. The van der Waals surface area contributed by atoms with Crippen LogP contribution in [0, 0.1) is 0 Å². The summed E-state index contributed by atoms with van der Waals surface area (Å²) in [7, 11) is -3.64. The van der Waals surface area contributed by atoms with Gasteiger partial charge in [0.15, 0.2) is 0 Å². The summed E-state index contributed by atoms with van der Waals surface area (Å²) >= 11 is 0. The Bertz CT molecular complexity index is 63.4. The Kier molecular flexibility index (Phi) is 5.92. The van der Waals surface area contributed by atoms with Crippen molar-refractivity contribution in [3.05, 3.63) is 0 Å². The molecular formula is CH7CaO3P. The van der Waals surface area contributed by atoms with E-state index >= 15 is 0 Å². The Morgan fingerprint density at radius 1 is 1.67 bits per heavy atom. The molecule has 0 aliphatic heterocycles. The third kappa shape index (κ3) is 52.9. The third-order valence-corrected chi connectivity index (χ3v) is 0. The zero-order valence-corrected chi connectivity index (χ0v) is 6.56. The van der Waals surface area contributed by atoms with Crippen LogP contribution in [0.1, 0.15) is 2.85 Å². The molecule has 3 nitrogen and oxygen atoms in total. The quantitative estimate of drug-likeness (QED) is 0.355. The second kappa shape index (κ2) is 3.42. The van der Waals surface area contributed by atoms with Crippen molar-refractivity contribution in [2.24, 2.45) is 0 Å². The van der Waals surface area contributed by atoms with Gasteiger partial charge in [-0.1, -0.05) is 0 Å². The maximum absolute atomic E-state index is 9.33. The Hall–Kier alpha value is 1.41. The largest absolute Gasteiger partial charge is 2.00 e. The van der Waals surface area contributed by atoms with Crippen molar-refractivity contribution in [2.75, 3.05) is 6.66 Å². The van der Waals surface area contributed by atoms with Crippen molar-refractivity contribution < 1.29 is 17.2 Å². The maximum atomic E-state index is 9.33. The van der Waals surface area contributed by atoms with Gasteiger partial charge >= 0.3 is 45.3 Å². The summed E-state index contributed by atoms with van der Waals surface area (Å²) in [4.78, 5) is 15.3. The van der Waals surface area contributed by atoms with Crippen LogP contribution in [0.15, 0.2) is 0 Å². The van der Waals surface area contributed by atoms with Crippen molar-refractivity contribution >= 4 is 45.3 Å². The van der Waals surface area contributed by atoms with Gasteiger partial charge in [-0.25, -0.2) is 0 Å². The molecule has 5 heteroatoms. The molecular weight excluding hydrogens is 131 g/mol. The predicted octanol–water partition coefficient (Wildman–Crippen LogP) is -0.362. The van der Waals surface area contributed by atoms with Crippen LogP contribution < -0.4 is 0 Å². The van der Waals surface area contributed by atoms with E-state index in [4.69, 9.17) is 9.79 Å². The van der Waals surface area contributed by atoms with Gasteiger partial charge in [0.1, 0.15) is 0 Å². The van der Waals surface area contributed by atoms with E-state index in [1.54, 1.807) is 0 Å². The van der Waals surface area contributed by atoms with Gasteiger partial charge in [0.2, 0.25) is 0 Å². The third-order valence-electron chi connectivity index (χ3n) is 0. The normalized spacial score (nSPS) is 9.83. The average molecular weight is 138 g/mol. The van der Waals surface area contributed by atoms with Gasteiger partial charge in [0.25, 0.3) is 0 Å². The van der Waals surface area contributed by atoms with E-state index in [0.717, 1.165) is 6.66 Å². The first-order valence-electron chi connectivity index (χ1n) is 1.03. The summed E-state index contributed by atoms with van der Waals surface area (Å²) in [5, 5.41) is 0. The van der Waals surface area contributed by atoms with Crippen molar-refractivity contribution in [3.8, 4) is 0 Å². The molecule has 6 heavy (non-hydrogen) atoms. The van der Waals surface area contributed by atoms with E-state index in [1.807, 2.05) is 0 Å². The summed E-state index contributed by atoms with van der Waals surface area (Å²) in [6.07, 6.45) is 0. The van der Waals surface area contributed by atoms with Gasteiger partial charge < -0.3 is 12.6 Å². The van der Waals surface area contributed by atoms with Gasteiger partial charge in [-0.3, -0.25) is 4.57 Å². The summed E-state index contributed by atoms with van der Waals surface area (Å²) in [5.74, 6) is 0. The molecule has 0 atom stereocenters. The second-order valence-electron chi connectivity index (χ2n) is 0.835. The Labute approximate surface area is 68.9 Å². The molecule has 0 aliphatic carbocycles. The SMILES string of the molecule is CP(=O)(O)O.[Ca+2].[H-].[H-]. The van der Waals surface area contributed by atoms with Crippen molar-refractivity contribution in [3.63, 3.8) is 0 Å². The first kappa shape index (κ1) is 10.4. The van der Waals surface area contributed by atoms with Crippen LogP contribution in [0.3, 0.4) is 0 Å². The molecule has 0 spiro atoms. The summed E-state index contributed by atoms with van der Waals surface area (Å²) < 4.78 is 9.33. The van der Waals surface area contributed by atoms with Crippen LogP contribution in [0.5, 0.6) is 0 Å². The van der Waals surface area contributed by atoms with E-state index in [2.05, 4.69) is 0 Å². The Balaban J connectivity index is -0.0000000267. The van der Waals surface area contributed by atoms with Gasteiger partial charge in [-0.15, -0.1) is 0 Å². The van der Waals surface area contributed by atoms with Crippen molar-refractivity contribution in [1.29, 1.82) is 0 Å². The predicted molar refractivity (Wildman–Crippen MR) is 25.9 cm³/mol. The molecule has 0 bridgehead atoms. The molecule has 0 rings (SSSR count).